The Kier molecular flexibility index (Phi) is 7.30. The summed E-state index contributed by atoms with van der Waals surface area (Å²) in [5.41, 5.74) is 0. The molecule has 0 saturated heterocycles. The van der Waals surface area contributed by atoms with Gasteiger partial charge >= 0.3 is 6.03 Å². The second-order valence-corrected chi connectivity index (χ2v) is 5.25. The Labute approximate surface area is 116 Å². The van der Waals surface area contributed by atoms with E-state index in [0.717, 1.165) is 19.4 Å². The van der Waals surface area contributed by atoms with Crippen LogP contribution in [0.4, 0.5) is 4.79 Å². The molecule has 0 aliphatic heterocycles. The summed E-state index contributed by atoms with van der Waals surface area (Å²) < 4.78 is 0. The molecular weight excluding hydrogens is 242 g/mol. The number of carbonyl (C=O) groups is 2. The van der Waals surface area contributed by atoms with Crippen LogP contribution in [0, 0.1) is 0 Å². The van der Waals surface area contributed by atoms with Crippen LogP contribution in [0.5, 0.6) is 0 Å². The number of rotatable bonds is 6. The van der Waals surface area contributed by atoms with E-state index in [4.69, 9.17) is 0 Å². The minimum atomic E-state index is -0.0943. The monoisotopic (exact) mass is 269 g/mol. The Balaban J connectivity index is 2.05. The molecule has 0 spiro atoms. The highest BCUT2D eigenvalue weighted by Crippen LogP contribution is 2.17. The molecule has 0 heterocycles. The van der Waals surface area contributed by atoms with E-state index in [1.165, 1.54) is 19.3 Å². The van der Waals surface area contributed by atoms with Crippen LogP contribution in [0.3, 0.4) is 0 Å². The smallest absolute Gasteiger partial charge is 0.315 e. The Morgan fingerprint density at radius 2 is 1.89 bits per heavy atom. The van der Waals surface area contributed by atoms with Crippen molar-refractivity contribution in [2.75, 3.05) is 20.1 Å². The number of carbonyl (C=O) groups excluding carboxylic acids is 2. The van der Waals surface area contributed by atoms with Crippen molar-refractivity contribution in [3.63, 3.8) is 0 Å². The molecule has 3 amide bonds. The van der Waals surface area contributed by atoms with E-state index < -0.39 is 0 Å². The van der Waals surface area contributed by atoms with Crippen molar-refractivity contribution in [1.29, 1.82) is 0 Å². The minimum Gasteiger partial charge on any atom is -0.346 e. The van der Waals surface area contributed by atoms with Gasteiger partial charge in [0.1, 0.15) is 0 Å². The number of nitrogens with one attached hydrogen (secondary N) is 2. The molecule has 110 valence electrons. The number of nitrogens with zero attached hydrogens (tertiary/aromatic N) is 1. The SMILES string of the molecule is CCN(C)C(=O)CCCNC(=O)NC1CCCCC1. The van der Waals surface area contributed by atoms with Gasteiger partial charge in [-0.25, -0.2) is 4.79 Å². The predicted molar refractivity (Wildman–Crippen MR) is 76.0 cm³/mol. The van der Waals surface area contributed by atoms with Gasteiger partial charge in [-0.3, -0.25) is 4.79 Å². The Bertz CT molecular complexity index is 288. The average molecular weight is 269 g/mol. The number of urea groups is 1. The minimum absolute atomic E-state index is 0.0943. The second-order valence-electron chi connectivity index (χ2n) is 5.25. The third-order valence-electron chi connectivity index (χ3n) is 3.69. The van der Waals surface area contributed by atoms with Crippen molar-refractivity contribution in [2.45, 2.75) is 57.9 Å². The van der Waals surface area contributed by atoms with Crippen LogP contribution >= 0.6 is 0 Å². The first-order valence-corrected chi connectivity index (χ1v) is 7.41. The Morgan fingerprint density at radius 3 is 2.53 bits per heavy atom. The van der Waals surface area contributed by atoms with Crippen molar-refractivity contribution >= 4 is 11.9 Å². The average Bonchev–Trinajstić information content (AvgIpc) is 2.43. The van der Waals surface area contributed by atoms with Crippen LogP contribution < -0.4 is 10.6 Å². The van der Waals surface area contributed by atoms with Gasteiger partial charge in [-0.05, 0) is 26.2 Å². The lowest BCUT2D eigenvalue weighted by Crippen LogP contribution is -2.43. The molecule has 0 atom stereocenters. The van der Waals surface area contributed by atoms with Crippen molar-refractivity contribution in [1.82, 2.24) is 15.5 Å². The normalized spacial score (nSPS) is 15.9. The molecule has 1 saturated carbocycles. The molecule has 19 heavy (non-hydrogen) atoms. The molecule has 2 N–H and O–H groups in total. The van der Waals surface area contributed by atoms with Gasteiger partial charge in [-0.15, -0.1) is 0 Å². The fourth-order valence-corrected chi connectivity index (χ4v) is 2.29. The third kappa shape index (κ3) is 6.45. The highest BCUT2D eigenvalue weighted by atomic mass is 16.2. The number of hydrogen-bond donors (Lipinski definition) is 2. The summed E-state index contributed by atoms with van der Waals surface area (Å²) in [6.45, 7) is 3.24. The zero-order chi connectivity index (χ0) is 14.1. The van der Waals surface area contributed by atoms with Crippen molar-refractivity contribution in [3.05, 3.63) is 0 Å². The van der Waals surface area contributed by atoms with Gasteiger partial charge in [-0.1, -0.05) is 19.3 Å². The molecule has 0 unspecified atom stereocenters. The van der Waals surface area contributed by atoms with Gasteiger partial charge in [0.15, 0.2) is 0 Å². The molecule has 0 aromatic carbocycles. The van der Waals surface area contributed by atoms with E-state index in [1.54, 1.807) is 11.9 Å². The molecule has 1 aliphatic carbocycles. The van der Waals surface area contributed by atoms with Crippen LogP contribution in [0.25, 0.3) is 0 Å². The lowest BCUT2D eigenvalue weighted by molar-refractivity contribution is -0.129. The quantitative estimate of drug-likeness (QED) is 0.723. The van der Waals surface area contributed by atoms with Crippen LogP contribution in [0.2, 0.25) is 0 Å². The van der Waals surface area contributed by atoms with E-state index in [-0.39, 0.29) is 11.9 Å². The zero-order valence-electron chi connectivity index (χ0n) is 12.2. The van der Waals surface area contributed by atoms with Gasteiger partial charge < -0.3 is 15.5 Å². The standard InChI is InChI=1S/C14H27N3O2/c1-3-17(2)13(18)10-7-11-15-14(19)16-12-8-5-4-6-9-12/h12H,3-11H2,1-2H3,(H2,15,16,19). The molecule has 5 heteroatoms. The molecule has 0 radical (unpaired) electrons. The van der Waals surface area contributed by atoms with Crippen LogP contribution in [0.15, 0.2) is 0 Å². The maximum atomic E-state index is 11.6. The van der Waals surface area contributed by atoms with Gasteiger partial charge in [0.05, 0.1) is 0 Å². The summed E-state index contributed by atoms with van der Waals surface area (Å²) in [6, 6.07) is 0.241. The highest BCUT2D eigenvalue weighted by Gasteiger charge is 2.15. The van der Waals surface area contributed by atoms with Gasteiger partial charge in [0.2, 0.25) is 5.91 Å². The summed E-state index contributed by atoms with van der Waals surface area (Å²) in [5, 5.41) is 5.82. The fourth-order valence-electron chi connectivity index (χ4n) is 2.29. The third-order valence-corrected chi connectivity index (χ3v) is 3.69. The van der Waals surface area contributed by atoms with E-state index in [9.17, 15) is 9.59 Å². The van der Waals surface area contributed by atoms with Crippen molar-refractivity contribution in [3.8, 4) is 0 Å². The molecular formula is C14H27N3O2. The van der Waals surface area contributed by atoms with Crippen LogP contribution in [-0.2, 0) is 4.79 Å². The van der Waals surface area contributed by atoms with Gasteiger partial charge in [-0.2, -0.15) is 0 Å². The maximum absolute atomic E-state index is 11.6. The number of hydrogen-bond acceptors (Lipinski definition) is 2. The zero-order valence-corrected chi connectivity index (χ0v) is 12.2. The summed E-state index contributed by atoms with van der Waals surface area (Å²) >= 11 is 0. The molecule has 5 nitrogen and oxygen atoms in total. The first-order chi connectivity index (χ1) is 9.13. The second kappa shape index (κ2) is 8.77. The van der Waals surface area contributed by atoms with E-state index in [0.29, 0.717) is 25.4 Å². The molecule has 1 fully saturated rings. The summed E-state index contributed by atoms with van der Waals surface area (Å²) in [7, 11) is 1.80. The Morgan fingerprint density at radius 1 is 1.21 bits per heavy atom. The first kappa shape index (κ1) is 15.8. The van der Waals surface area contributed by atoms with Crippen LogP contribution in [0.1, 0.15) is 51.9 Å². The summed E-state index contributed by atoms with van der Waals surface area (Å²) in [5.74, 6) is 0.136. The molecule has 0 bridgehead atoms. The summed E-state index contributed by atoms with van der Waals surface area (Å²) in [6.07, 6.45) is 7.08. The highest BCUT2D eigenvalue weighted by molar-refractivity contribution is 5.76. The van der Waals surface area contributed by atoms with Crippen LogP contribution in [-0.4, -0.2) is 43.0 Å². The first-order valence-electron chi connectivity index (χ1n) is 7.41. The largest absolute Gasteiger partial charge is 0.346 e. The fraction of sp³-hybridized carbons (Fsp3) is 0.857. The molecule has 0 aromatic rings. The predicted octanol–water partition coefficient (Wildman–Crippen LogP) is 1.88. The molecule has 0 aromatic heterocycles. The lowest BCUT2D eigenvalue weighted by atomic mass is 9.96. The van der Waals surface area contributed by atoms with E-state index >= 15 is 0 Å². The maximum Gasteiger partial charge on any atom is 0.315 e. The van der Waals surface area contributed by atoms with E-state index in [1.807, 2.05) is 6.92 Å². The lowest BCUT2D eigenvalue weighted by Gasteiger charge is -2.22. The molecule has 1 rings (SSSR count). The van der Waals surface area contributed by atoms with Crippen molar-refractivity contribution < 1.29 is 9.59 Å². The Hall–Kier alpha value is -1.26. The number of amides is 3. The van der Waals surface area contributed by atoms with Crippen molar-refractivity contribution in [2.24, 2.45) is 0 Å². The van der Waals surface area contributed by atoms with Gasteiger partial charge in [0, 0.05) is 32.6 Å². The summed E-state index contributed by atoms with van der Waals surface area (Å²) in [4.78, 5) is 24.9. The van der Waals surface area contributed by atoms with Gasteiger partial charge in [0.25, 0.3) is 0 Å². The topological polar surface area (TPSA) is 61.4 Å². The molecule has 1 aliphatic rings. The van der Waals surface area contributed by atoms with E-state index in [2.05, 4.69) is 10.6 Å².